The Bertz CT molecular complexity index is 750. The van der Waals surface area contributed by atoms with Crippen molar-refractivity contribution in [2.45, 2.75) is 25.4 Å². The fourth-order valence-corrected chi connectivity index (χ4v) is 2.59. The number of hydrogen-bond donors (Lipinski definition) is 1. The third kappa shape index (κ3) is 1.99. The van der Waals surface area contributed by atoms with Gasteiger partial charge in [-0.3, -0.25) is 4.98 Å². The zero-order valence-electron chi connectivity index (χ0n) is 10.9. The molecule has 1 aliphatic rings. The van der Waals surface area contributed by atoms with Gasteiger partial charge < -0.3 is 5.32 Å². The minimum atomic E-state index is 0.319. The number of fused-ring (bicyclic) bond motifs is 2. The summed E-state index contributed by atoms with van der Waals surface area (Å²) in [6.07, 6.45) is 5.39. The van der Waals surface area contributed by atoms with E-state index in [1.165, 1.54) is 0 Å². The molecule has 6 nitrogen and oxygen atoms in total. The molecular weight excluding hydrogens is 252 g/mol. The number of nitrogens with zero attached hydrogens (tertiary/aromatic N) is 5. The van der Waals surface area contributed by atoms with Gasteiger partial charge in [0.25, 0.3) is 0 Å². The molecule has 0 saturated heterocycles. The van der Waals surface area contributed by atoms with Gasteiger partial charge in [0.15, 0.2) is 0 Å². The normalized spacial score (nSPS) is 17.9. The Morgan fingerprint density at radius 1 is 1.15 bits per heavy atom. The zero-order chi connectivity index (χ0) is 13.4. The maximum Gasteiger partial charge on any atom is 0.145 e. The molecule has 20 heavy (non-hydrogen) atoms. The van der Waals surface area contributed by atoms with Crippen LogP contribution in [-0.4, -0.2) is 30.8 Å². The van der Waals surface area contributed by atoms with E-state index in [4.69, 9.17) is 0 Å². The molecule has 0 amide bonds. The summed E-state index contributed by atoms with van der Waals surface area (Å²) in [7, 11) is 0. The topological polar surface area (TPSA) is 68.5 Å². The molecule has 1 unspecified atom stereocenters. The molecular formula is C14H14N6. The summed E-state index contributed by atoms with van der Waals surface area (Å²) < 4.78 is 1.95. The number of aryl methyl sites for hydroxylation is 1. The van der Waals surface area contributed by atoms with Crippen molar-refractivity contribution in [3.05, 3.63) is 42.6 Å². The van der Waals surface area contributed by atoms with Gasteiger partial charge in [0, 0.05) is 12.5 Å². The van der Waals surface area contributed by atoms with Crippen LogP contribution in [0.2, 0.25) is 0 Å². The van der Waals surface area contributed by atoms with Crippen LogP contribution >= 0.6 is 0 Å². The van der Waals surface area contributed by atoms with Crippen molar-refractivity contribution in [3.8, 4) is 0 Å². The van der Waals surface area contributed by atoms with Crippen molar-refractivity contribution < 1.29 is 0 Å². The molecule has 0 aliphatic carbocycles. The van der Waals surface area contributed by atoms with Gasteiger partial charge in [-0.15, -0.1) is 0 Å². The lowest BCUT2D eigenvalue weighted by Gasteiger charge is -2.23. The Balaban J connectivity index is 1.56. The molecule has 3 aromatic rings. The van der Waals surface area contributed by atoms with E-state index >= 15 is 0 Å². The Labute approximate surface area is 115 Å². The van der Waals surface area contributed by atoms with Gasteiger partial charge in [-0.1, -0.05) is 12.1 Å². The fraction of sp³-hybridized carbons (Fsp3) is 0.286. The van der Waals surface area contributed by atoms with Gasteiger partial charge in [-0.05, 0) is 18.6 Å². The molecule has 3 heterocycles. The summed E-state index contributed by atoms with van der Waals surface area (Å²) in [6.45, 7) is 0.823. The molecule has 100 valence electrons. The highest BCUT2D eigenvalue weighted by Gasteiger charge is 2.19. The number of para-hydroxylation sites is 2. The summed E-state index contributed by atoms with van der Waals surface area (Å²) in [5, 5.41) is 7.67. The van der Waals surface area contributed by atoms with E-state index in [0.717, 1.165) is 42.1 Å². The van der Waals surface area contributed by atoms with E-state index in [-0.39, 0.29) is 0 Å². The summed E-state index contributed by atoms with van der Waals surface area (Å²) in [5.41, 5.74) is 1.83. The van der Waals surface area contributed by atoms with Gasteiger partial charge in [-0.2, -0.15) is 5.10 Å². The molecule has 6 heteroatoms. The van der Waals surface area contributed by atoms with Crippen molar-refractivity contribution in [2.75, 3.05) is 5.32 Å². The second-order valence-electron chi connectivity index (χ2n) is 4.98. The van der Waals surface area contributed by atoms with Gasteiger partial charge >= 0.3 is 0 Å². The quantitative estimate of drug-likeness (QED) is 0.763. The Morgan fingerprint density at radius 2 is 2.05 bits per heavy atom. The van der Waals surface area contributed by atoms with Crippen molar-refractivity contribution in [2.24, 2.45) is 0 Å². The first-order valence-electron chi connectivity index (χ1n) is 6.73. The van der Waals surface area contributed by atoms with Gasteiger partial charge in [0.05, 0.1) is 23.8 Å². The minimum Gasteiger partial charge on any atom is -0.364 e. The standard InChI is InChI=1S/C14H14N6/c1-2-4-12-11(3-1)15-7-13(19-12)18-10-5-6-14-16-9-17-20(14)8-10/h1-4,7,9-10H,5-6,8H2,(H,18,19). The molecule has 0 bridgehead atoms. The van der Waals surface area contributed by atoms with Crippen LogP contribution in [0.1, 0.15) is 12.2 Å². The second-order valence-corrected chi connectivity index (χ2v) is 4.98. The molecule has 0 saturated carbocycles. The van der Waals surface area contributed by atoms with Crippen LogP contribution in [0.3, 0.4) is 0 Å². The first kappa shape index (κ1) is 11.3. The monoisotopic (exact) mass is 266 g/mol. The highest BCUT2D eigenvalue weighted by Crippen LogP contribution is 2.17. The summed E-state index contributed by atoms with van der Waals surface area (Å²) >= 11 is 0. The minimum absolute atomic E-state index is 0.319. The predicted molar refractivity (Wildman–Crippen MR) is 75.3 cm³/mol. The lowest BCUT2D eigenvalue weighted by atomic mass is 10.1. The molecule has 1 aromatic carbocycles. The SMILES string of the molecule is c1ccc2nc(NC3CCc4ncnn4C3)cnc2c1. The highest BCUT2D eigenvalue weighted by molar-refractivity contribution is 5.75. The zero-order valence-corrected chi connectivity index (χ0v) is 10.9. The summed E-state index contributed by atoms with van der Waals surface area (Å²) in [4.78, 5) is 13.3. The molecule has 2 aromatic heterocycles. The van der Waals surface area contributed by atoms with Crippen LogP contribution in [0.4, 0.5) is 5.82 Å². The number of aromatic nitrogens is 5. The molecule has 1 N–H and O–H groups in total. The van der Waals surface area contributed by atoms with Crippen LogP contribution in [0.5, 0.6) is 0 Å². The number of rotatable bonds is 2. The third-order valence-electron chi connectivity index (χ3n) is 3.61. The number of benzene rings is 1. The van der Waals surface area contributed by atoms with Gasteiger partial charge in [0.2, 0.25) is 0 Å². The predicted octanol–water partition coefficient (Wildman–Crippen LogP) is 1.65. The molecule has 1 atom stereocenters. The largest absolute Gasteiger partial charge is 0.364 e. The van der Waals surface area contributed by atoms with E-state index in [9.17, 15) is 0 Å². The molecule has 0 spiro atoms. The van der Waals surface area contributed by atoms with Crippen LogP contribution in [0.15, 0.2) is 36.8 Å². The summed E-state index contributed by atoms with van der Waals surface area (Å²) in [5.74, 6) is 1.88. The Kier molecular flexibility index (Phi) is 2.58. The first-order chi connectivity index (χ1) is 9.88. The van der Waals surface area contributed by atoms with Crippen molar-refractivity contribution >= 4 is 16.9 Å². The summed E-state index contributed by atoms with van der Waals surface area (Å²) in [6, 6.07) is 8.21. The number of nitrogens with one attached hydrogen (secondary N) is 1. The average Bonchev–Trinajstić information content (AvgIpc) is 2.95. The maximum absolute atomic E-state index is 4.59. The second kappa shape index (κ2) is 4.56. The van der Waals surface area contributed by atoms with Gasteiger partial charge in [-0.25, -0.2) is 14.6 Å². The molecule has 4 rings (SSSR count). The van der Waals surface area contributed by atoms with E-state index in [0.29, 0.717) is 6.04 Å². The smallest absolute Gasteiger partial charge is 0.145 e. The molecule has 0 fully saturated rings. The number of anilines is 1. The van der Waals surface area contributed by atoms with Crippen molar-refractivity contribution in [3.63, 3.8) is 0 Å². The van der Waals surface area contributed by atoms with Gasteiger partial charge in [0.1, 0.15) is 18.0 Å². The van der Waals surface area contributed by atoms with Crippen LogP contribution in [0, 0.1) is 0 Å². The molecule has 0 radical (unpaired) electrons. The average molecular weight is 266 g/mol. The fourth-order valence-electron chi connectivity index (χ4n) is 2.59. The van der Waals surface area contributed by atoms with Crippen LogP contribution in [-0.2, 0) is 13.0 Å². The van der Waals surface area contributed by atoms with Crippen molar-refractivity contribution in [1.82, 2.24) is 24.7 Å². The first-order valence-corrected chi connectivity index (χ1v) is 6.73. The molecule has 1 aliphatic heterocycles. The Hall–Kier alpha value is -2.50. The van der Waals surface area contributed by atoms with E-state index in [1.807, 2.05) is 28.9 Å². The lowest BCUT2D eigenvalue weighted by Crippen LogP contribution is -2.32. The van der Waals surface area contributed by atoms with Crippen LogP contribution in [0.25, 0.3) is 11.0 Å². The van der Waals surface area contributed by atoms with Crippen molar-refractivity contribution in [1.29, 1.82) is 0 Å². The number of hydrogen-bond acceptors (Lipinski definition) is 5. The third-order valence-corrected chi connectivity index (χ3v) is 3.61. The highest BCUT2D eigenvalue weighted by atomic mass is 15.3. The lowest BCUT2D eigenvalue weighted by molar-refractivity contribution is 0.441. The Morgan fingerprint density at radius 3 is 3.00 bits per heavy atom. The van der Waals surface area contributed by atoms with E-state index < -0.39 is 0 Å². The maximum atomic E-state index is 4.59. The van der Waals surface area contributed by atoms with E-state index in [2.05, 4.69) is 25.4 Å². The van der Waals surface area contributed by atoms with Crippen LogP contribution < -0.4 is 5.32 Å². The van der Waals surface area contributed by atoms with E-state index in [1.54, 1.807) is 12.5 Å².